The minimum atomic E-state index is -0.802. The van der Waals surface area contributed by atoms with Gasteiger partial charge in [0, 0.05) is 30.3 Å². The summed E-state index contributed by atoms with van der Waals surface area (Å²) >= 11 is 0. The van der Waals surface area contributed by atoms with Crippen LogP contribution in [0.15, 0.2) is 30.5 Å². The number of Topliss-reactive ketones (excluding diaryl/α,β-unsaturated/α-hetero) is 1. The molecule has 1 saturated carbocycles. The van der Waals surface area contributed by atoms with Crippen molar-refractivity contribution in [1.82, 2.24) is 4.98 Å². The Balaban J connectivity index is 1.70. The lowest BCUT2D eigenvalue weighted by Gasteiger charge is -2.27. The number of esters is 1. The molecule has 1 fully saturated rings. The van der Waals surface area contributed by atoms with Crippen LogP contribution in [0.25, 0.3) is 0 Å². The molecule has 1 N–H and O–H groups in total. The summed E-state index contributed by atoms with van der Waals surface area (Å²) in [5.74, 6) is -2.34. The molecule has 1 aliphatic carbocycles. The Kier molecular flexibility index (Phi) is 7.86. The first kappa shape index (κ1) is 24.4. The van der Waals surface area contributed by atoms with E-state index < -0.39 is 35.7 Å². The summed E-state index contributed by atoms with van der Waals surface area (Å²) in [6, 6.07) is 5.53. The van der Waals surface area contributed by atoms with E-state index in [0.29, 0.717) is 11.3 Å². The number of ether oxygens (including phenoxy) is 4. The molecule has 178 valence electrons. The normalized spacial score (nSPS) is 15.9. The van der Waals surface area contributed by atoms with Crippen LogP contribution in [0.1, 0.15) is 55.3 Å². The van der Waals surface area contributed by atoms with Crippen LogP contribution < -0.4 is 9.47 Å². The van der Waals surface area contributed by atoms with Crippen molar-refractivity contribution in [3.63, 3.8) is 0 Å². The van der Waals surface area contributed by atoms with E-state index in [1.54, 1.807) is 19.9 Å². The topological polar surface area (TPSA) is 104 Å². The minimum Gasteiger partial charge on any atom is -0.503 e. The van der Waals surface area contributed by atoms with Gasteiger partial charge in [-0.3, -0.25) is 9.59 Å². The Hall–Kier alpha value is -3.20. The number of rotatable bonds is 11. The number of hydrogen-bond donors (Lipinski definition) is 1. The number of methoxy groups -OCH3 is 2. The second-order valence-electron chi connectivity index (χ2n) is 8.02. The van der Waals surface area contributed by atoms with Crippen LogP contribution in [-0.2, 0) is 14.3 Å². The molecule has 0 aliphatic heterocycles. The minimum absolute atomic E-state index is 0.0343. The van der Waals surface area contributed by atoms with Crippen LogP contribution in [0.2, 0.25) is 0 Å². The van der Waals surface area contributed by atoms with Gasteiger partial charge in [0.25, 0.3) is 0 Å². The summed E-state index contributed by atoms with van der Waals surface area (Å²) in [5, 5.41) is 10.1. The molecule has 0 amide bonds. The lowest BCUT2D eigenvalue weighted by Crippen LogP contribution is -2.29. The number of aromatic nitrogens is 1. The molecule has 33 heavy (non-hydrogen) atoms. The van der Waals surface area contributed by atoms with Gasteiger partial charge in [0.05, 0.1) is 26.2 Å². The highest BCUT2D eigenvalue weighted by Gasteiger charge is 2.34. The summed E-state index contributed by atoms with van der Waals surface area (Å²) < 4.78 is 35.6. The Morgan fingerprint density at radius 1 is 1.15 bits per heavy atom. The molecule has 3 atom stereocenters. The first-order valence-corrected chi connectivity index (χ1v) is 10.7. The molecule has 0 saturated heterocycles. The van der Waals surface area contributed by atoms with Crippen molar-refractivity contribution in [2.75, 3.05) is 14.2 Å². The Bertz CT molecular complexity index is 1010. The van der Waals surface area contributed by atoms with Crippen LogP contribution in [0.5, 0.6) is 17.2 Å². The highest BCUT2D eigenvalue weighted by molar-refractivity contribution is 5.99. The van der Waals surface area contributed by atoms with Crippen molar-refractivity contribution in [2.45, 2.75) is 51.4 Å². The maximum atomic E-state index is 13.7. The molecule has 0 unspecified atom stereocenters. The average molecular weight is 461 g/mol. The van der Waals surface area contributed by atoms with E-state index in [0.717, 1.165) is 12.8 Å². The molecule has 0 radical (unpaired) electrons. The molecule has 3 rings (SSSR count). The summed E-state index contributed by atoms with van der Waals surface area (Å²) in [6.07, 6.45) is 1.56. The predicted octanol–water partition coefficient (Wildman–Crippen LogP) is 4.00. The van der Waals surface area contributed by atoms with Crippen LogP contribution in [0.3, 0.4) is 0 Å². The van der Waals surface area contributed by atoms with Gasteiger partial charge in [-0.2, -0.15) is 0 Å². The maximum absolute atomic E-state index is 13.7. The van der Waals surface area contributed by atoms with Crippen molar-refractivity contribution < 1.29 is 38.0 Å². The number of benzene rings is 1. The SMILES string of the molecule is COc1cc(F)ccc1[C@@H](OC1CC1)[C@H](C)OC(=O)[C@H](C)CC(=O)c1nccc(OC)c1O. The molecular formula is C24H28FNO7. The molecule has 1 aromatic carbocycles. The summed E-state index contributed by atoms with van der Waals surface area (Å²) in [4.78, 5) is 29.2. The van der Waals surface area contributed by atoms with E-state index in [1.807, 2.05) is 0 Å². The number of nitrogens with zero attached hydrogens (tertiary/aromatic N) is 1. The lowest BCUT2D eigenvalue weighted by molar-refractivity contribution is -0.161. The van der Waals surface area contributed by atoms with Gasteiger partial charge in [-0.25, -0.2) is 9.37 Å². The summed E-state index contributed by atoms with van der Waals surface area (Å²) in [5.41, 5.74) is 0.397. The third-order valence-electron chi connectivity index (χ3n) is 5.36. The first-order chi connectivity index (χ1) is 15.7. The largest absolute Gasteiger partial charge is 0.503 e. The second-order valence-corrected chi connectivity index (χ2v) is 8.02. The molecule has 1 aliphatic rings. The standard InChI is InChI=1S/C24H28FNO7/c1-13(11-18(27)21-22(28)19(30-3)9-10-26-21)24(29)32-14(2)23(33-16-6-7-16)17-8-5-15(25)12-20(17)31-4/h5,8-10,12-14,16,23,28H,6-7,11H2,1-4H3/t13-,14+,23+/m1/s1. The van der Waals surface area contributed by atoms with E-state index in [9.17, 15) is 19.1 Å². The zero-order chi connectivity index (χ0) is 24.1. The van der Waals surface area contributed by atoms with E-state index in [-0.39, 0.29) is 29.7 Å². The van der Waals surface area contributed by atoms with E-state index in [1.165, 1.54) is 38.6 Å². The predicted molar refractivity (Wildman–Crippen MR) is 116 cm³/mol. The van der Waals surface area contributed by atoms with Crippen molar-refractivity contribution in [3.05, 3.63) is 47.5 Å². The molecule has 1 aromatic heterocycles. The number of halogens is 1. The Morgan fingerprint density at radius 3 is 2.48 bits per heavy atom. The smallest absolute Gasteiger partial charge is 0.309 e. The highest BCUT2D eigenvalue weighted by Crippen LogP contribution is 2.38. The number of carbonyl (C=O) groups is 2. The quantitative estimate of drug-likeness (QED) is 0.396. The first-order valence-electron chi connectivity index (χ1n) is 10.7. The fraction of sp³-hybridized carbons (Fsp3) is 0.458. The highest BCUT2D eigenvalue weighted by atomic mass is 19.1. The van der Waals surface area contributed by atoms with Crippen molar-refractivity contribution >= 4 is 11.8 Å². The molecule has 0 bridgehead atoms. The maximum Gasteiger partial charge on any atom is 0.309 e. The van der Waals surface area contributed by atoms with E-state index in [2.05, 4.69) is 4.98 Å². The van der Waals surface area contributed by atoms with Gasteiger partial charge >= 0.3 is 5.97 Å². The van der Waals surface area contributed by atoms with Crippen LogP contribution >= 0.6 is 0 Å². The molecule has 2 aromatic rings. The van der Waals surface area contributed by atoms with Crippen molar-refractivity contribution in [2.24, 2.45) is 5.92 Å². The van der Waals surface area contributed by atoms with Crippen LogP contribution in [0, 0.1) is 11.7 Å². The van der Waals surface area contributed by atoms with Gasteiger partial charge in [0.2, 0.25) is 0 Å². The van der Waals surface area contributed by atoms with Gasteiger partial charge in [0.1, 0.15) is 23.8 Å². The van der Waals surface area contributed by atoms with Gasteiger partial charge < -0.3 is 24.1 Å². The lowest BCUT2D eigenvalue weighted by atomic mass is 10.0. The van der Waals surface area contributed by atoms with Gasteiger partial charge in [-0.1, -0.05) is 6.92 Å². The van der Waals surface area contributed by atoms with Crippen molar-refractivity contribution in [3.8, 4) is 17.2 Å². The van der Waals surface area contributed by atoms with Crippen LogP contribution in [0.4, 0.5) is 4.39 Å². The van der Waals surface area contributed by atoms with E-state index in [4.69, 9.17) is 18.9 Å². The summed E-state index contributed by atoms with van der Waals surface area (Å²) in [6.45, 7) is 3.23. The number of ketones is 1. The number of pyridine rings is 1. The number of hydrogen-bond acceptors (Lipinski definition) is 8. The third kappa shape index (κ3) is 5.98. The Morgan fingerprint density at radius 2 is 1.85 bits per heavy atom. The fourth-order valence-electron chi connectivity index (χ4n) is 3.39. The molecule has 8 nitrogen and oxygen atoms in total. The number of carbonyl (C=O) groups excluding carboxylic acids is 2. The van der Waals surface area contributed by atoms with Gasteiger partial charge in [0.15, 0.2) is 23.0 Å². The molecular weight excluding hydrogens is 433 g/mol. The zero-order valence-corrected chi connectivity index (χ0v) is 19.0. The molecule has 9 heteroatoms. The van der Waals surface area contributed by atoms with Crippen LogP contribution in [-0.4, -0.2) is 48.3 Å². The second kappa shape index (κ2) is 10.6. The Labute approximate surface area is 191 Å². The molecule has 0 spiro atoms. The van der Waals surface area contributed by atoms with Crippen molar-refractivity contribution in [1.29, 1.82) is 0 Å². The van der Waals surface area contributed by atoms with Gasteiger partial charge in [-0.05, 0) is 31.9 Å². The third-order valence-corrected chi connectivity index (χ3v) is 5.36. The zero-order valence-electron chi connectivity index (χ0n) is 19.0. The number of aromatic hydroxyl groups is 1. The van der Waals surface area contributed by atoms with E-state index >= 15 is 0 Å². The fourth-order valence-corrected chi connectivity index (χ4v) is 3.39. The monoisotopic (exact) mass is 461 g/mol. The van der Waals surface area contributed by atoms with Gasteiger partial charge in [-0.15, -0.1) is 0 Å². The summed E-state index contributed by atoms with van der Waals surface area (Å²) in [7, 11) is 2.79. The molecule has 1 heterocycles. The average Bonchev–Trinajstić information content (AvgIpc) is 3.61.